The van der Waals surface area contributed by atoms with Gasteiger partial charge in [-0.3, -0.25) is 0 Å². The summed E-state index contributed by atoms with van der Waals surface area (Å²) < 4.78 is 5.27. The summed E-state index contributed by atoms with van der Waals surface area (Å²) in [6, 6.07) is 0.136. The number of carbonyl (C=O) groups excluding carboxylic acids is 1. The number of rotatable bonds is 3. The van der Waals surface area contributed by atoms with E-state index in [0.717, 1.165) is 38.8 Å². The first-order valence-corrected chi connectivity index (χ1v) is 7.04. The Morgan fingerprint density at radius 1 is 1.00 bits per heavy atom. The Bertz CT molecular complexity index is 321. The van der Waals surface area contributed by atoms with Gasteiger partial charge in [0.1, 0.15) is 6.61 Å². The summed E-state index contributed by atoms with van der Waals surface area (Å²) in [6.07, 6.45) is 4.85. The second-order valence-electron chi connectivity index (χ2n) is 5.22. The first-order valence-electron chi connectivity index (χ1n) is 7.04. The molecule has 6 nitrogen and oxygen atoms in total. The molecule has 0 spiro atoms. The number of nitrogens with zero attached hydrogens (tertiary/aromatic N) is 2. The zero-order chi connectivity index (χ0) is 13.7. The van der Waals surface area contributed by atoms with E-state index in [1.54, 1.807) is 0 Å². The predicted octanol–water partition coefficient (Wildman–Crippen LogP) is 1.16. The first-order chi connectivity index (χ1) is 9.16. The minimum absolute atomic E-state index is 0.0264. The minimum Gasteiger partial charge on any atom is -0.480 e. The molecular weight excluding hydrogens is 248 g/mol. The van der Waals surface area contributed by atoms with Gasteiger partial charge in [0.05, 0.1) is 6.10 Å². The Labute approximate surface area is 113 Å². The number of hydrogen-bond acceptors (Lipinski definition) is 3. The van der Waals surface area contributed by atoms with E-state index in [4.69, 9.17) is 9.84 Å². The molecule has 0 aromatic carbocycles. The van der Waals surface area contributed by atoms with Crippen LogP contribution in [0.25, 0.3) is 0 Å². The molecule has 0 bridgehead atoms. The maximum Gasteiger partial charge on any atom is 0.329 e. The van der Waals surface area contributed by atoms with E-state index in [1.807, 2.05) is 9.80 Å². The highest BCUT2D eigenvalue weighted by molar-refractivity contribution is 5.74. The van der Waals surface area contributed by atoms with Crippen LogP contribution in [-0.2, 0) is 9.53 Å². The average Bonchev–Trinajstić information content (AvgIpc) is 2.46. The fourth-order valence-electron chi connectivity index (χ4n) is 2.69. The van der Waals surface area contributed by atoms with E-state index in [9.17, 15) is 9.59 Å². The van der Waals surface area contributed by atoms with E-state index >= 15 is 0 Å². The van der Waals surface area contributed by atoms with Crippen LogP contribution in [0.3, 0.4) is 0 Å². The molecule has 2 fully saturated rings. The fourth-order valence-corrected chi connectivity index (χ4v) is 2.69. The molecular formula is C13H22N2O4. The van der Waals surface area contributed by atoms with Crippen molar-refractivity contribution in [3.63, 3.8) is 0 Å². The topological polar surface area (TPSA) is 70.1 Å². The normalized spacial score (nSPS) is 21.5. The summed E-state index contributed by atoms with van der Waals surface area (Å²) in [5.41, 5.74) is 0. The lowest BCUT2D eigenvalue weighted by Gasteiger charge is -2.36. The quantitative estimate of drug-likeness (QED) is 0.835. The van der Waals surface area contributed by atoms with Crippen LogP contribution in [-0.4, -0.2) is 65.8 Å². The predicted molar refractivity (Wildman–Crippen MR) is 69.0 cm³/mol. The van der Waals surface area contributed by atoms with E-state index in [2.05, 4.69) is 0 Å². The van der Waals surface area contributed by atoms with Crippen molar-refractivity contribution in [2.45, 2.75) is 38.2 Å². The molecule has 0 aromatic rings. The summed E-state index contributed by atoms with van der Waals surface area (Å²) in [6.45, 7) is 2.83. The summed E-state index contributed by atoms with van der Waals surface area (Å²) in [4.78, 5) is 26.5. The lowest BCUT2D eigenvalue weighted by molar-refractivity contribution is -0.145. The number of piperidine rings is 2. The van der Waals surface area contributed by atoms with E-state index < -0.39 is 5.97 Å². The van der Waals surface area contributed by atoms with Crippen LogP contribution < -0.4 is 0 Å². The maximum atomic E-state index is 12.2. The third kappa shape index (κ3) is 4.09. The molecule has 0 aromatic heterocycles. The van der Waals surface area contributed by atoms with Crippen LogP contribution in [0.4, 0.5) is 4.79 Å². The van der Waals surface area contributed by atoms with Crippen molar-refractivity contribution in [1.29, 1.82) is 0 Å². The largest absolute Gasteiger partial charge is 0.480 e. The van der Waals surface area contributed by atoms with Gasteiger partial charge >= 0.3 is 12.0 Å². The highest BCUT2D eigenvalue weighted by atomic mass is 16.5. The lowest BCUT2D eigenvalue weighted by Crippen LogP contribution is -2.49. The van der Waals surface area contributed by atoms with Gasteiger partial charge in [-0.05, 0) is 32.1 Å². The molecule has 108 valence electrons. The summed E-state index contributed by atoms with van der Waals surface area (Å²) in [7, 11) is 0. The van der Waals surface area contributed by atoms with Crippen molar-refractivity contribution in [3.05, 3.63) is 0 Å². The Kier molecular flexibility index (Phi) is 5.01. The van der Waals surface area contributed by atoms with Gasteiger partial charge in [-0.15, -0.1) is 0 Å². The van der Waals surface area contributed by atoms with Crippen molar-refractivity contribution in [2.24, 2.45) is 0 Å². The Hall–Kier alpha value is -1.30. The Morgan fingerprint density at radius 3 is 2.16 bits per heavy atom. The molecule has 0 atom stereocenters. The fraction of sp³-hybridized carbons (Fsp3) is 0.846. The monoisotopic (exact) mass is 270 g/mol. The number of carboxylic acid groups (broad SMARTS) is 1. The molecule has 1 N–H and O–H groups in total. The number of carbonyl (C=O) groups is 2. The van der Waals surface area contributed by atoms with E-state index in [-0.39, 0.29) is 18.7 Å². The minimum atomic E-state index is -0.938. The van der Waals surface area contributed by atoms with Crippen LogP contribution in [0.15, 0.2) is 0 Å². The molecule has 2 heterocycles. The molecule has 0 unspecified atom stereocenters. The molecule has 19 heavy (non-hydrogen) atoms. The number of aliphatic carboxylic acids is 1. The van der Waals surface area contributed by atoms with Crippen LogP contribution in [0, 0.1) is 0 Å². The van der Waals surface area contributed by atoms with Crippen LogP contribution >= 0.6 is 0 Å². The highest BCUT2D eigenvalue weighted by Gasteiger charge is 2.27. The van der Waals surface area contributed by atoms with E-state index in [0.29, 0.717) is 13.1 Å². The first kappa shape index (κ1) is 14.1. The number of urea groups is 1. The second-order valence-corrected chi connectivity index (χ2v) is 5.22. The van der Waals surface area contributed by atoms with Crippen LogP contribution in [0.5, 0.6) is 0 Å². The number of hydrogen-bond donors (Lipinski definition) is 1. The highest BCUT2D eigenvalue weighted by Crippen LogP contribution is 2.17. The zero-order valence-electron chi connectivity index (χ0n) is 11.2. The third-order valence-electron chi connectivity index (χ3n) is 3.78. The average molecular weight is 270 g/mol. The number of likely N-dealkylation sites (tertiary alicyclic amines) is 2. The van der Waals surface area contributed by atoms with Gasteiger partial charge in [0, 0.05) is 26.2 Å². The second kappa shape index (κ2) is 6.75. The zero-order valence-corrected chi connectivity index (χ0v) is 11.2. The van der Waals surface area contributed by atoms with Gasteiger partial charge in [0.2, 0.25) is 0 Å². The van der Waals surface area contributed by atoms with Crippen LogP contribution in [0.1, 0.15) is 32.1 Å². The molecule has 2 aliphatic heterocycles. The van der Waals surface area contributed by atoms with Gasteiger partial charge in [0.25, 0.3) is 0 Å². The van der Waals surface area contributed by atoms with E-state index in [1.165, 1.54) is 6.42 Å². The molecule has 0 radical (unpaired) electrons. The van der Waals surface area contributed by atoms with Crippen molar-refractivity contribution in [2.75, 3.05) is 32.8 Å². The molecule has 2 saturated heterocycles. The smallest absolute Gasteiger partial charge is 0.329 e. The SMILES string of the molecule is O=C(O)COC1CCN(C(=O)N2CCCCC2)CC1. The van der Waals surface area contributed by atoms with Gasteiger partial charge in [-0.2, -0.15) is 0 Å². The standard InChI is InChI=1S/C13H22N2O4/c16-12(17)10-19-11-4-8-15(9-5-11)13(18)14-6-2-1-3-7-14/h11H,1-10H2,(H,16,17). The summed E-state index contributed by atoms with van der Waals surface area (Å²) in [5.74, 6) is -0.938. The third-order valence-corrected chi connectivity index (χ3v) is 3.78. The molecule has 0 aliphatic carbocycles. The van der Waals surface area contributed by atoms with Gasteiger partial charge in [0.15, 0.2) is 0 Å². The summed E-state index contributed by atoms with van der Waals surface area (Å²) >= 11 is 0. The Balaban J connectivity index is 1.72. The number of amides is 2. The Morgan fingerprint density at radius 2 is 1.58 bits per heavy atom. The maximum absolute atomic E-state index is 12.2. The van der Waals surface area contributed by atoms with Gasteiger partial charge in [-0.25, -0.2) is 9.59 Å². The van der Waals surface area contributed by atoms with Gasteiger partial charge < -0.3 is 19.6 Å². The van der Waals surface area contributed by atoms with Crippen molar-refractivity contribution in [1.82, 2.24) is 9.80 Å². The molecule has 2 amide bonds. The molecule has 2 aliphatic rings. The lowest BCUT2D eigenvalue weighted by atomic mass is 10.1. The van der Waals surface area contributed by atoms with Gasteiger partial charge in [-0.1, -0.05) is 0 Å². The molecule has 0 saturated carbocycles. The number of carboxylic acids is 1. The van der Waals surface area contributed by atoms with Crippen molar-refractivity contribution >= 4 is 12.0 Å². The summed E-state index contributed by atoms with van der Waals surface area (Å²) in [5, 5.41) is 8.56. The number of ether oxygens (including phenoxy) is 1. The molecule has 2 rings (SSSR count). The molecule has 6 heteroatoms. The van der Waals surface area contributed by atoms with Crippen LogP contribution in [0.2, 0.25) is 0 Å². The van der Waals surface area contributed by atoms with Crippen molar-refractivity contribution in [3.8, 4) is 0 Å². The van der Waals surface area contributed by atoms with Crippen molar-refractivity contribution < 1.29 is 19.4 Å².